The van der Waals surface area contributed by atoms with E-state index in [-0.39, 0.29) is 0 Å². The van der Waals surface area contributed by atoms with Crippen molar-refractivity contribution < 1.29 is 14.2 Å². The molecule has 2 N–H and O–H groups in total. The number of anilines is 1. The lowest BCUT2D eigenvalue weighted by Gasteiger charge is -2.15. The molecular formula is C14H17BrN4O3. The number of imidazole rings is 1. The van der Waals surface area contributed by atoms with E-state index < -0.39 is 0 Å². The van der Waals surface area contributed by atoms with Crippen LogP contribution < -0.4 is 19.9 Å². The molecule has 8 heteroatoms. The van der Waals surface area contributed by atoms with Crippen molar-refractivity contribution >= 4 is 28.1 Å². The number of aryl methyl sites for hydroxylation is 1. The second-order valence-corrected chi connectivity index (χ2v) is 5.17. The molecule has 0 atom stereocenters. The zero-order valence-electron chi connectivity index (χ0n) is 12.8. The lowest BCUT2D eigenvalue weighted by atomic mass is 10.2. The molecule has 0 aliphatic rings. The fourth-order valence-corrected chi connectivity index (χ4v) is 2.51. The zero-order chi connectivity index (χ0) is 16.3. The Hall–Kier alpha value is -2.22. The second-order valence-electron chi connectivity index (χ2n) is 4.38. The normalized spacial score (nSPS) is 11.0. The van der Waals surface area contributed by atoms with E-state index >= 15 is 0 Å². The van der Waals surface area contributed by atoms with Crippen LogP contribution in [0, 0.1) is 6.92 Å². The van der Waals surface area contributed by atoms with Crippen molar-refractivity contribution in [1.82, 2.24) is 9.66 Å². The summed E-state index contributed by atoms with van der Waals surface area (Å²) < 4.78 is 18.2. The number of methoxy groups -OCH3 is 3. The van der Waals surface area contributed by atoms with Crippen LogP contribution in [-0.4, -0.2) is 37.2 Å². The van der Waals surface area contributed by atoms with Crippen LogP contribution >= 0.6 is 15.9 Å². The van der Waals surface area contributed by atoms with Gasteiger partial charge in [-0.15, -0.1) is 0 Å². The Labute approximate surface area is 136 Å². The number of nitrogens with zero attached hydrogens (tertiary/aromatic N) is 3. The molecule has 0 radical (unpaired) electrons. The van der Waals surface area contributed by atoms with Crippen LogP contribution in [0.4, 0.5) is 5.95 Å². The predicted octanol–water partition coefficient (Wildman–Crippen LogP) is 2.44. The highest BCUT2D eigenvalue weighted by molar-refractivity contribution is 9.10. The molecule has 0 unspecified atom stereocenters. The Morgan fingerprint density at radius 1 is 1.23 bits per heavy atom. The number of benzene rings is 1. The maximum atomic E-state index is 5.76. The largest absolute Gasteiger partial charge is 0.493 e. The average molecular weight is 369 g/mol. The van der Waals surface area contributed by atoms with Gasteiger partial charge in [0.1, 0.15) is 0 Å². The highest BCUT2D eigenvalue weighted by atomic mass is 79.9. The fraction of sp³-hybridized carbons (Fsp3) is 0.286. The number of aromatic nitrogens is 2. The van der Waals surface area contributed by atoms with Crippen LogP contribution in [0.2, 0.25) is 0 Å². The van der Waals surface area contributed by atoms with Gasteiger partial charge in [0.05, 0.1) is 43.9 Å². The van der Waals surface area contributed by atoms with Gasteiger partial charge in [-0.3, -0.25) is 0 Å². The monoisotopic (exact) mass is 368 g/mol. The van der Waals surface area contributed by atoms with Gasteiger partial charge in [0.15, 0.2) is 11.5 Å². The van der Waals surface area contributed by atoms with Crippen molar-refractivity contribution in [2.24, 2.45) is 5.10 Å². The molecule has 0 fully saturated rings. The summed E-state index contributed by atoms with van der Waals surface area (Å²) in [4.78, 5) is 4.09. The molecule has 2 aromatic rings. The number of hydrogen-bond donors (Lipinski definition) is 1. The van der Waals surface area contributed by atoms with Gasteiger partial charge in [-0.05, 0) is 28.9 Å². The number of nitrogens with two attached hydrogens (primary N) is 1. The lowest BCUT2D eigenvalue weighted by molar-refractivity contribution is 0.323. The van der Waals surface area contributed by atoms with E-state index in [1.54, 1.807) is 39.8 Å². The van der Waals surface area contributed by atoms with Gasteiger partial charge in [0, 0.05) is 5.56 Å². The summed E-state index contributed by atoms with van der Waals surface area (Å²) in [5, 5.41) is 4.29. The van der Waals surface area contributed by atoms with Crippen molar-refractivity contribution in [3.05, 3.63) is 28.0 Å². The maximum Gasteiger partial charge on any atom is 0.221 e. The van der Waals surface area contributed by atoms with Gasteiger partial charge in [0.25, 0.3) is 0 Å². The third-order valence-corrected chi connectivity index (χ3v) is 3.77. The van der Waals surface area contributed by atoms with Crippen LogP contribution in [0.25, 0.3) is 0 Å². The SMILES string of the molecule is COc1cc(C=Nn2cc(C)nc2N)c(Br)c(OC)c1OC. The number of hydrogen-bond acceptors (Lipinski definition) is 6. The summed E-state index contributed by atoms with van der Waals surface area (Å²) in [5.74, 6) is 1.89. The van der Waals surface area contributed by atoms with Gasteiger partial charge in [-0.25, -0.2) is 9.66 Å². The topological polar surface area (TPSA) is 83.9 Å². The summed E-state index contributed by atoms with van der Waals surface area (Å²) >= 11 is 3.49. The van der Waals surface area contributed by atoms with Crippen molar-refractivity contribution in [2.45, 2.75) is 6.92 Å². The van der Waals surface area contributed by atoms with Gasteiger partial charge in [-0.2, -0.15) is 5.10 Å². The lowest BCUT2D eigenvalue weighted by Crippen LogP contribution is -2.00. The van der Waals surface area contributed by atoms with E-state index in [1.807, 2.05) is 6.92 Å². The maximum absolute atomic E-state index is 5.76. The molecule has 0 aliphatic carbocycles. The summed E-state index contributed by atoms with van der Waals surface area (Å²) in [7, 11) is 4.67. The highest BCUT2D eigenvalue weighted by Gasteiger charge is 2.18. The van der Waals surface area contributed by atoms with E-state index in [0.717, 1.165) is 11.3 Å². The van der Waals surface area contributed by atoms with E-state index in [0.29, 0.717) is 27.7 Å². The van der Waals surface area contributed by atoms with Crippen LogP contribution in [0.5, 0.6) is 17.2 Å². The summed E-state index contributed by atoms with van der Waals surface area (Å²) in [5.41, 5.74) is 7.30. The number of halogens is 1. The molecule has 2 rings (SSSR count). The molecule has 0 saturated carbocycles. The van der Waals surface area contributed by atoms with E-state index in [1.165, 1.54) is 4.68 Å². The first-order chi connectivity index (χ1) is 10.5. The van der Waals surface area contributed by atoms with E-state index in [4.69, 9.17) is 19.9 Å². The number of rotatable bonds is 5. The first kappa shape index (κ1) is 16.2. The zero-order valence-corrected chi connectivity index (χ0v) is 14.3. The highest BCUT2D eigenvalue weighted by Crippen LogP contribution is 2.44. The smallest absolute Gasteiger partial charge is 0.221 e. The first-order valence-electron chi connectivity index (χ1n) is 6.36. The summed E-state index contributed by atoms with van der Waals surface area (Å²) in [6.07, 6.45) is 3.36. The Balaban J connectivity index is 2.49. The van der Waals surface area contributed by atoms with Crippen LogP contribution in [0.3, 0.4) is 0 Å². The minimum absolute atomic E-state index is 0.317. The molecule has 7 nitrogen and oxygen atoms in total. The Kier molecular flexibility index (Phi) is 4.92. The van der Waals surface area contributed by atoms with Crippen LogP contribution in [0.1, 0.15) is 11.3 Å². The van der Waals surface area contributed by atoms with Crippen LogP contribution in [-0.2, 0) is 0 Å². The summed E-state index contributed by atoms with van der Waals surface area (Å²) in [6, 6.07) is 1.79. The van der Waals surface area contributed by atoms with Crippen molar-refractivity contribution in [3.63, 3.8) is 0 Å². The van der Waals surface area contributed by atoms with Crippen LogP contribution in [0.15, 0.2) is 21.8 Å². The molecular weight excluding hydrogens is 352 g/mol. The minimum atomic E-state index is 0.317. The number of ether oxygens (including phenoxy) is 3. The molecule has 0 bridgehead atoms. The molecule has 1 aromatic carbocycles. The molecule has 0 amide bonds. The van der Waals surface area contributed by atoms with Gasteiger partial charge in [0.2, 0.25) is 11.7 Å². The van der Waals surface area contributed by atoms with Gasteiger partial charge in [-0.1, -0.05) is 0 Å². The Bertz CT molecular complexity index is 713. The van der Waals surface area contributed by atoms with E-state index in [9.17, 15) is 0 Å². The average Bonchev–Trinajstić information content (AvgIpc) is 2.83. The first-order valence-corrected chi connectivity index (χ1v) is 7.15. The fourth-order valence-electron chi connectivity index (χ4n) is 1.95. The molecule has 118 valence electrons. The molecule has 0 aliphatic heterocycles. The van der Waals surface area contributed by atoms with Crippen molar-refractivity contribution in [1.29, 1.82) is 0 Å². The third-order valence-electron chi connectivity index (χ3n) is 2.95. The molecule has 0 saturated heterocycles. The standard InChI is InChI=1S/C14H17BrN4O3/c1-8-7-19(14(16)18-8)17-6-9-5-10(20-2)12(21-3)13(22-4)11(9)15/h5-7H,1-4H3,(H2,16,18). The Morgan fingerprint density at radius 3 is 2.41 bits per heavy atom. The summed E-state index contributed by atoms with van der Waals surface area (Å²) in [6.45, 7) is 1.84. The molecule has 0 spiro atoms. The van der Waals surface area contributed by atoms with Gasteiger partial charge < -0.3 is 19.9 Å². The molecule has 1 heterocycles. The van der Waals surface area contributed by atoms with Crippen molar-refractivity contribution in [3.8, 4) is 17.2 Å². The quantitative estimate of drug-likeness (QED) is 0.819. The van der Waals surface area contributed by atoms with Crippen molar-refractivity contribution in [2.75, 3.05) is 27.1 Å². The minimum Gasteiger partial charge on any atom is -0.493 e. The second kappa shape index (κ2) is 6.69. The Morgan fingerprint density at radius 2 is 1.91 bits per heavy atom. The third kappa shape index (κ3) is 3.01. The predicted molar refractivity (Wildman–Crippen MR) is 88.2 cm³/mol. The molecule has 22 heavy (non-hydrogen) atoms. The molecule has 1 aromatic heterocycles. The van der Waals surface area contributed by atoms with E-state index in [2.05, 4.69) is 26.0 Å². The number of nitrogen functional groups attached to an aromatic ring is 1. The van der Waals surface area contributed by atoms with Gasteiger partial charge >= 0.3 is 0 Å².